The summed E-state index contributed by atoms with van der Waals surface area (Å²) in [5.74, 6) is 0. The van der Waals surface area contributed by atoms with Gasteiger partial charge in [0, 0.05) is 6.04 Å². The fourth-order valence-electron chi connectivity index (χ4n) is 1.74. The van der Waals surface area contributed by atoms with E-state index in [2.05, 4.69) is 0 Å². The molecule has 1 fully saturated rings. The summed E-state index contributed by atoms with van der Waals surface area (Å²) in [7, 11) is 0. The van der Waals surface area contributed by atoms with E-state index < -0.39 is 11.7 Å². The fourth-order valence-corrected chi connectivity index (χ4v) is 1.74. The molecule has 0 bridgehead atoms. The van der Waals surface area contributed by atoms with Crippen molar-refractivity contribution < 1.29 is 13.2 Å². The standard InChI is InChI=1S/C12H12F3N/c13-12(14,15)10-3-1-8(2-4-10)5-9-6-11(16)7-9/h1-5,11H,6-7,16H2. The van der Waals surface area contributed by atoms with Crippen LogP contribution in [0, 0.1) is 0 Å². The van der Waals surface area contributed by atoms with Crippen LogP contribution in [-0.4, -0.2) is 6.04 Å². The van der Waals surface area contributed by atoms with Crippen molar-refractivity contribution in [1.82, 2.24) is 0 Å². The van der Waals surface area contributed by atoms with Gasteiger partial charge in [-0.2, -0.15) is 13.2 Å². The van der Waals surface area contributed by atoms with E-state index in [1.54, 1.807) is 0 Å². The molecule has 0 spiro atoms. The van der Waals surface area contributed by atoms with Crippen LogP contribution in [0.25, 0.3) is 6.08 Å². The van der Waals surface area contributed by atoms with Gasteiger partial charge in [-0.25, -0.2) is 0 Å². The van der Waals surface area contributed by atoms with Gasteiger partial charge in [0.1, 0.15) is 0 Å². The first-order chi connectivity index (χ1) is 7.45. The van der Waals surface area contributed by atoms with Gasteiger partial charge in [0.15, 0.2) is 0 Å². The molecule has 1 aromatic rings. The maximum Gasteiger partial charge on any atom is 0.416 e. The Hall–Kier alpha value is -1.29. The fraction of sp³-hybridized carbons (Fsp3) is 0.333. The zero-order chi connectivity index (χ0) is 11.8. The lowest BCUT2D eigenvalue weighted by molar-refractivity contribution is -0.137. The van der Waals surface area contributed by atoms with Crippen molar-refractivity contribution in [2.24, 2.45) is 5.73 Å². The highest BCUT2D eigenvalue weighted by molar-refractivity contribution is 5.55. The van der Waals surface area contributed by atoms with Crippen molar-refractivity contribution in [3.05, 3.63) is 41.0 Å². The van der Waals surface area contributed by atoms with Crippen LogP contribution in [-0.2, 0) is 6.18 Å². The van der Waals surface area contributed by atoms with E-state index >= 15 is 0 Å². The number of alkyl halides is 3. The molecule has 1 aromatic carbocycles. The van der Waals surface area contributed by atoms with Gasteiger partial charge in [-0.15, -0.1) is 0 Å². The van der Waals surface area contributed by atoms with Crippen LogP contribution < -0.4 is 5.73 Å². The summed E-state index contributed by atoms with van der Waals surface area (Å²) in [6, 6.07) is 5.40. The van der Waals surface area contributed by atoms with Crippen molar-refractivity contribution >= 4 is 6.08 Å². The molecule has 1 aliphatic carbocycles. The van der Waals surface area contributed by atoms with Crippen molar-refractivity contribution in [2.75, 3.05) is 0 Å². The molecule has 86 valence electrons. The summed E-state index contributed by atoms with van der Waals surface area (Å²) in [5, 5.41) is 0. The Morgan fingerprint density at radius 3 is 2.12 bits per heavy atom. The minimum absolute atomic E-state index is 0.223. The minimum atomic E-state index is -4.26. The summed E-state index contributed by atoms with van der Waals surface area (Å²) in [6.45, 7) is 0. The summed E-state index contributed by atoms with van der Waals surface area (Å²) in [6.07, 6.45) is -0.657. The number of nitrogens with two attached hydrogens (primary N) is 1. The molecule has 2 N–H and O–H groups in total. The van der Waals surface area contributed by atoms with Crippen molar-refractivity contribution in [2.45, 2.75) is 25.1 Å². The summed E-state index contributed by atoms with van der Waals surface area (Å²) < 4.78 is 36.8. The van der Waals surface area contributed by atoms with Crippen molar-refractivity contribution in [1.29, 1.82) is 0 Å². The van der Waals surface area contributed by atoms with E-state index in [-0.39, 0.29) is 6.04 Å². The monoisotopic (exact) mass is 227 g/mol. The maximum atomic E-state index is 12.3. The predicted octanol–water partition coefficient (Wildman–Crippen LogP) is 3.21. The topological polar surface area (TPSA) is 26.0 Å². The van der Waals surface area contributed by atoms with Crippen LogP contribution in [0.4, 0.5) is 13.2 Å². The van der Waals surface area contributed by atoms with Crippen molar-refractivity contribution in [3.63, 3.8) is 0 Å². The van der Waals surface area contributed by atoms with E-state index in [0.29, 0.717) is 0 Å². The summed E-state index contributed by atoms with van der Waals surface area (Å²) in [5.41, 5.74) is 7.00. The van der Waals surface area contributed by atoms with Crippen LogP contribution >= 0.6 is 0 Å². The molecule has 0 amide bonds. The lowest BCUT2D eigenvalue weighted by Gasteiger charge is -2.25. The highest BCUT2D eigenvalue weighted by Gasteiger charge is 2.29. The highest BCUT2D eigenvalue weighted by Crippen LogP contribution is 2.30. The average Bonchev–Trinajstić information content (AvgIpc) is 2.15. The normalized spacial score (nSPS) is 20.5. The van der Waals surface area contributed by atoms with Gasteiger partial charge in [-0.3, -0.25) is 0 Å². The van der Waals surface area contributed by atoms with E-state index in [0.717, 1.165) is 30.5 Å². The van der Waals surface area contributed by atoms with Gasteiger partial charge >= 0.3 is 6.18 Å². The van der Waals surface area contributed by atoms with Gasteiger partial charge in [0.05, 0.1) is 5.56 Å². The lowest BCUT2D eigenvalue weighted by atomic mass is 9.86. The Kier molecular flexibility index (Phi) is 2.76. The van der Waals surface area contributed by atoms with E-state index in [9.17, 15) is 13.2 Å². The van der Waals surface area contributed by atoms with Gasteiger partial charge in [0.2, 0.25) is 0 Å². The molecular formula is C12H12F3N. The number of hydrogen-bond acceptors (Lipinski definition) is 1. The largest absolute Gasteiger partial charge is 0.416 e. The van der Waals surface area contributed by atoms with Crippen LogP contribution in [0.3, 0.4) is 0 Å². The van der Waals surface area contributed by atoms with E-state index in [4.69, 9.17) is 5.73 Å². The van der Waals surface area contributed by atoms with E-state index in [1.165, 1.54) is 17.7 Å². The molecular weight excluding hydrogens is 215 g/mol. The lowest BCUT2D eigenvalue weighted by Crippen LogP contribution is -2.29. The predicted molar refractivity (Wildman–Crippen MR) is 56.6 cm³/mol. The SMILES string of the molecule is NC1CC(=Cc2ccc(C(F)(F)F)cc2)C1. The third-order valence-electron chi connectivity index (χ3n) is 2.66. The first kappa shape index (κ1) is 11.2. The first-order valence-electron chi connectivity index (χ1n) is 5.07. The van der Waals surface area contributed by atoms with Crippen LogP contribution in [0.5, 0.6) is 0 Å². The van der Waals surface area contributed by atoms with Gasteiger partial charge in [-0.1, -0.05) is 23.8 Å². The third kappa shape index (κ3) is 2.44. The first-order valence-corrected chi connectivity index (χ1v) is 5.07. The smallest absolute Gasteiger partial charge is 0.327 e. The molecule has 0 saturated heterocycles. The number of benzene rings is 1. The van der Waals surface area contributed by atoms with Crippen molar-refractivity contribution in [3.8, 4) is 0 Å². The third-order valence-corrected chi connectivity index (χ3v) is 2.66. The molecule has 16 heavy (non-hydrogen) atoms. The molecule has 0 atom stereocenters. The maximum absolute atomic E-state index is 12.3. The number of rotatable bonds is 1. The van der Waals surface area contributed by atoms with Gasteiger partial charge in [-0.05, 0) is 30.5 Å². The molecule has 0 aromatic heterocycles. The molecule has 2 rings (SSSR count). The van der Waals surface area contributed by atoms with Gasteiger partial charge < -0.3 is 5.73 Å². The van der Waals surface area contributed by atoms with Crippen LogP contribution in [0.1, 0.15) is 24.0 Å². The number of halogens is 3. The highest BCUT2D eigenvalue weighted by atomic mass is 19.4. The zero-order valence-electron chi connectivity index (χ0n) is 8.59. The molecule has 1 saturated carbocycles. The van der Waals surface area contributed by atoms with E-state index in [1.807, 2.05) is 6.08 Å². The average molecular weight is 227 g/mol. The quantitative estimate of drug-likeness (QED) is 0.783. The van der Waals surface area contributed by atoms with Gasteiger partial charge in [0.25, 0.3) is 0 Å². The number of hydrogen-bond donors (Lipinski definition) is 1. The zero-order valence-corrected chi connectivity index (χ0v) is 8.59. The van der Waals surface area contributed by atoms with Crippen LogP contribution in [0.2, 0.25) is 0 Å². The summed E-state index contributed by atoms with van der Waals surface area (Å²) >= 11 is 0. The molecule has 1 nitrogen and oxygen atoms in total. The Morgan fingerprint density at radius 1 is 1.12 bits per heavy atom. The second-order valence-electron chi connectivity index (χ2n) is 4.09. The molecule has 0 radical (unpaired) electrons. The Balaban J connectivity index is 2.11. The second-order valence-corrected chi connectivity index (χ2v) is 4.09. The Labute approximate surface area is 91.8 Å². The molecule has 4 heteroatoms. The molecule has 0 aliphatic heterocycles. The molecule has 0 unspecified atom stereocenters. The Morgan fingerprint density at radius 2 is 1.69 bits per heavy atom. The second kappa shape index (κ2) is 3.94. The molecule has 0 heterocycles. The van der Waals surface area contributed by atoms with Crippen LogP contribution in [0.15, 0.2) is 29.8 Å². The summed E-state index contributed by atoms with van der Waals surface area (Å²) in [4.78, 5) is 0. The Bertz CT molecular complexity index is 395. The minimum Gasteiger partial charge on any atom is -0.327 e. The molecule has 1 aliphatic rings.